The molecule has 26 heavy (non-hydrogen) atoms. The Labute approximate surface area is 156 Å². The van der Waals surface area contributed by atoms with Gasteiger partial charge in [-0.15, -0.1) is 0 Å². The number of piperidine rings is 1. The first-order chi connectivity index (χ1) is 12.3. The van der Waals surface area contributed by atoms with Crippen LogP contribution in [0, 0.1) is 5.92 Å². The van der Waals surface area contributed by atoms with Crippen molar-refractivity contribution in [3.8, 4) is 5.75 Å². The van der Waals surface area contributed by atoms with E-state index in [1.54, 1.807) is 12.1 Å². The predicted molar refractivity (Wildman–Crippen MR) is 101 cm³/mol. The number of hydrogen-bond donors (Lipinski definition) is 0. The van der Waals surface area contributed by atoms with Gasteiger partial charge in [-0.1, -0.05) is 6.92 Å². The molecule has 0 aromatic heterocycles. The van der Waals surface area contributed by atoms with E-state index in [9.17, 15) is 16.8 Å². The van der Waals surface area contributed by atoms with Crippen molar-refractivity contribution in [3.05, 3.63) is 18.2 Å². The lowest BCUT2D eigenvalue weighted by Gasteiger charge is -2.31. The molecule has 146 valence electrons. The first-order valence-corrected chi connectivity index (χ1v) is 12.0. The van der Waals surface area contributed by atoms with E-state index in [0.717, 1.165) is 19.3 Å². The van der Waals surface area contributed by atoms with Gasteiger partial charge in [0, 0.05) is 19.6 Å². The van der Waals surface area contributed by atoms with Crippen LogP contribution in [0.1, 0.15) is 32.6 Å². The van der Waals surface area contributed by atoms with Gasteiger partial charge in [0.25, 0.3) is 0 Å². The van der Waals surface area contributed by atoms with E-state index in [-0.39, 0.29) is 16.4 Å². The minimum atomic E-state index is -3.74. The van der Waals surface area contributed by atoms with Crippen molar-refractivity contribution in [1.29, 1.82) is 0 Å². The third-order valence-corrected chi connectivity index (χ3v) is 8.93. The van der Waals surface area contributed by atoms with E-state index >= 15 is 0 Å². The molecule has 0 saturated carbocycles. The first-order valence-electron chi connectivity index (χ1n) is 8.94. The standard InChI is InChI=1S/C17H26N2O5S2/c1-14-7-10-18(11-8-14)26(22,23)17-13-15(5-6-16(17)24-2)19-9-3-4-12-25(19,20)21/h5-6,13-14H,3-4,7-12H2,1-2H3. The minimum Gasteiger partial charge on any atom is -0.495 e. The highest BCUT2D eigenvalue weighted by atomic mass is 32.2. The molecule has 0 bridgehead atoms. The molecule has 1 aromatic rings. The van der Waals surface area contributed by atoms with Gasteiger partial charge in [-0.3, -0.25) is 4.31 Å². The Morgan fingerprint density at radius 3 is 2.42 bits per heavy atom. The van der Waals surface area contributed by atoms with Crippen molar-refractivity contribution in [3.63, 3.8) is 0 Å². The average molecular weight is 403 g/mol. The monoisotopic (exact) mass is 402 g/mol. The van der Waals surface area contributed by atoms with Crippen LogP contribution in [-0.2, 0) is 20.0 Å². The maximum atomic E-state index is 13.1. The van der Waals surface area contributed by atoms with E-state index in [2.05, 4.69) is 6.92 Å². The Kier molecular flexibility index (Phi) is 5.50. The second kappa shape index (κ2) is 7.36. The van der Waals surface area contributed by atoms with Crippen LogP contribution in [0.25, 0.3) is 0 Å². The van der Waals surface area contributed by atoms with Crippen LogP contribution in [0.15, 0.2) is 23.1 Å². The molecule has 0 radical (unpaired) electrons. The molecule has 9 heteroatoms. The summed E-state index contributed by atoms with van der Waals surface area (Å²) < 4.78 is 59.1. The molecular weight excluding hydrogens is 376 g/mol. The number of hydrogen-bond acceptors (Lipinski definition) is 5. The molecule has 2 aliphatic rings. The summed E-state index contributed by atoms with van der Waals surface area (Å²) >= 11 is 0. The normalized spacial score (nSPS) is 22.3. The summed E-state index contributed by atoms with van der Waals surface area (Å²) in [6.07, 6.45) is 3.03. The Hall–Kier alpha value is -1.32. The second-order valence-electron chi connectivity index (χ2n) is 7.02. The fourth-order valence-electron chi connectivity index (χ4n) is 3.47. The van der Waals surface area contributed by atoms with E-state index in [4.69, 9.17) is 4.74 Å². The molecule has 0 unspecified atom stereocenters. The lowest BCUT2D eigenvalue weighted by atomic mass is 10.0. The minimum absolute atomic E-state index is 0.0350. The lowest BCUT2D eigenvalue weighted by molar-refractivity contribution is 0.287. The van der Waals surface area contributed by atoms with Crippen LogP contribution < -0.4 is 9.04 Å². The molecular formula is C17H26N2O5S2. The molecule has 0 atom stereocenters. The van der Waals surface area contributed by atoms with E-state index in [0.29, 0.717) is 37.7 Å². The predicted octanol–water partition coefficient (Wildman–Crippen LogP) is 2.05. The molecule has 2 fully saturated rings. The summed E-state index contributed by atoms with van der Waals surface area (Å²) in [4.78, 5) is 0.0350. The Balaban J connectivity index is 2.00. The van der Waals surface area contributed by atoms with Crippen molar-refractivity contribution in [2.75, 3.05) is 36.8 Å². The van der Waals surface area contributed by atoms with Gasteiger partial charge in [-0.25, -0.2) is 16.8 Å². The molecule has 0 aliphatic carbocycles. The summed E-state index contributed by atoms with van der Waals surface area (Å²) in [5.41, 5.74) is 0.384. The largest absolute Gasteiger partial charge is 0.495 e. The van der Waals surface area contributed by atoms with Crippen molar-refractivity contribution >= 4 is 25.7 Å². The number of ether oxygens (including phenoxy) is 1. The van der Waals surface area contributed by atoms with Gasteiger partial charge in [0.05, 0.1) is 18.6 Å². The van der Waals surface area contributed by atoms with Gasteiger partial charge >= 0.3 is 0 Å². The SMILES string of the molecule is COc1ccc(N2CCCCS2(=O)=O)cc1S(=O)(=O)N1CCC(C)CC1. The quantitative estimate of drug-likeness (QED) is 0.770. The third-order valence-electron chi connectivity index (χ3n) is 5.14. The van der Waals surface area contributed by atoms with Crippen LogP contribution >= 0.6 is 0 Å². The van der Waals surface area contributed by atoms with Gasteiger partial charge in [-0.2, -0.15) is 4.31 Å². The van der Waals surface area contributed by atoms with Gasteiger partial charge in [0.15, 0.2) is 0 Å². The van der Waals surface area contributed by atoms with Crippen molar-refractivity contribution < 1.29 is 21.6 Å². The van der Waals surface area contributed by atoms with Gasteiger partial charge in [0.2, 0.25) is 20.0 Å². The summed E-state index contributed by atoms with van der Waals surface area (Å²) in [6, 6.07) is 4.59. The van der Waals surface area contributed by atoms with E-state index in [1.165, 1.54) is 21.8 Å². The molecule has 2 saturated heterocycles. The van der Waals surface area contributed by atoms with Gasteiger partial charge in [0.1, 0.15) is 10.6 Å². The molecule has 1 aromatic carbocycles. The van der Waals surface area contributed by atoms with Crippen molar-refractivity contribution in [2.45, 2.75) is 37.5 Å². The van der Waals surface area contributed by atoms with Gasteiger partial charge < -0.3 is 4.74 Å². The highest BCUT2D eigenvalue weighted by Gasteiger charge is 2.33. The summed E-state index contributed by atoms with van der Waals surface area (Å²) in [7, 11) is -5.73. The van der Waals surface area contributed by atoms with Crippen molar-refractivity contribution in [2.24, 2.45) is 5.92 Å². The highest BCUT2D eigenvalue weighted by molar-refractivity contribution is 7.92. The summed E-state index contributed by atoms with van der Waals surface area (Å²) in [6.45, 7) is 3.43. The molecule has 7 nitrogen and oxygen atoms in total. The van der Waals surface area contributed by atoms with Crippen LogP contribution in [0.4, 0.5) is 5.69 Å². The zero-order valence-electron chi connectivity index (χ0n) is 15.2. The molecule has 0 amide bonds. The number of rotatable bonds is 4. The second-order valence-corrected chi connectivity index (χ2v) is 10.9. The molecule has 0 spiro atoms. The van der Waals surface area contributed by atoms with E-state index < -0.39 is 20.0 Å². The summed E-state index contributed by atoms with van der Waals surface area (Å²) in [5, 5.41) is 0. The number of nitrogens with zero attached hydrogens (tertiary/aromatic N) is 2. The van der Waals surface area contributed by atoms with Crippen LogP contribution in [0.5, 0.6) is 5.75 Å². The first kappa shape index (κ1) is 19.4. The fraction of sp³-hybridized carbons (Fsp3) is 0.647. The zero-order valence-corrected chi connectivity index (χ0v) is 16.9. The maximum absolute atomic E-state index is 13.1. The average Bonchev–Trinajstić information content (AvgIpc) is 2.61. The van der Waals surface area contributed by atoms with Crippen molar-refractivity contribution in [1.82, 2.24) is 4.31 Å². The number of benzene rings is 1. The zero-order chi connectivity index (χ0) is 18.9. The molecule has 2 aliphatic heterocycles. The molecule has 2 heterocycles. The Morgan fingerprint density at radius 1 is 1.12 bits per heavy atom. The van der Waals surface area contributed by atoms with Crippen LogP contribution in [0.3, 0.4) is 0 Å². The number of sulfonamides is 2. The third kappa shape index (κ3) is 3.70. The maximum Gasteiger partial charge on any atom is 0.246 e. The number of anilines is 1. The highest BCUT2D eigenvalue weighted by Crippen LogP contribution is 2.34. The van der Waals surface area contributed by atoms with Crippen LogP contribution in [-0.4, -0.2) is 53.6 Å². The summed E-state index contributed by atoms with van der Waals surface area (Å²) in [5.74, 6) is 0.834. The van der Waals surface area contributed by atoms with E-state index in [1.807, 2.05) is 0 Å². The Morgan fingerprint density at radius 2 is 1.81 bits per heavy atom. The lowest BCUT2D eigenvalue weighted by Crippen LogP contribution is -2.39. The molecule has 0 N–H and O–H groups in total. The Bertz CT molecular complexity index is 859. The number of methoxy groups -OCH3 is 1. The topological polar surface area (TPSA) is 84.0 Å². The van der Waals surface area contributed by atoms with Gasteiger partial charge in [-0.05, 0) is 49.8 Å². The molecule has 3 rings (SSSR count). The van der Waals surface area contributed by atoms with Crippen LogP contribution in [0.2, 0.25) is 0 Å². The fourth-order valence-corrected chi connectivity index (χ4v) is 6.74. The smallest absolute Gasteiger partial charge is 0.246 e.